The average molecular weight is 308 g/mol. The van der Waals surface area contributed by atoms with Crippen LogP contribution in [0.15, 0.2) is 18.2 Å². The van der Waals surface area contributed by atoms with Crippen molar-refractivity contribution in [2.75, 3.05) is 25.6 Å². The highest BCUT2D eigenvalue weighted by atomic mass is 16.5. The summed E-state index contributed by atoms with van der Waals surface area (Å²) in [5, 5.41) is 15.0. The maximum Gasteiger partial charge on any atom is 0.319 e. The molecule has 0 aromatic heterocycles. The van der Waals surface area contributed by atoms with Crippen LogP contribution in [0.2, 0.25) is 0 Å². The summed E-state index contributed by atoms with van der Waals surface area (Å²) in [5.74, 6) is 0.633. The number of hydrogen-bond donors (Lipinski definition) is 3. The van der Waals surface area contributed by atoms with E-state index in [2.05, 4.69) is 24.5 Å². The van der Waals surface area contributed by atoms with Crippen molar-refractivity contribution in [2.24, 2.45) is 5.41 Å². The zero-order valence-corrected chi connectivity index (χ0v) is 14.0. The monoisotopic (exact) mass is 308 g/mol. The quantitative estimate of drug-likeness (QED) is 0.690. The van der Waals surface area contributed by atoms with Crippen LogP contribution in [0.1, 0.15) is 38.7 Å². The van der Waals surface area contributed by atoms with Gasteiger partial charge in [-0.3, -0.25) is 0 Å². The van der Waals surface area contributed by atoms with Gasteiger partial charge in [0.1, 0.15) is 5.75 Å². The van der Waals surface area contributed by atoms with Gasteiger partial charge in [0.15, 0.2) is 0 Å². The average Bonchev–Trinajstić information content (AvgIpc) is 2.52. The van der Waals surface area contributed by atoms with Crippen molar-refractivity contribution in [1.82, 2.24) is 5.32 Å². The molecule has 0 radical (unpaired) electrons. The number of methoxy groups -OCH3 is 1. The highest BCUT2D eigenvalue weighted by Crippen LogP contribution is 2.29. The van der Waals surface area contributed by atoms with Crippen LogP contribution in [0.25, 0.3) is 0 Å². The Morgan fingerprint density at radius 1 is 1.32 bits per heavy atom. The number of nitrogens with one attached hydrogen (secondary N) is 2. The Labute approximate surface area is 133 Å². The van der Waals surface area contributed by atoms with Gasteiger partial charge in [-0.15, -0.1) is 0 Å². The number of amides is 2. The van der Waals surface area contributed by atoms with E-state index in [1.807, 2.05) is 25.1 Å². The van der Waals surface area contributed by atoms with Gasteiger partial charge >= 0.3 is 6.03 Å². The van der Waals surface area contributed by atoms with Gasteiger partial charge in [-0.05, 0) is 49.3 Å². The minimum atomic E-state index is -0.256. The summed E-state index contributed by atoms with van der Waals surface area (Å²) in [5.41, 5.74) is 1.65. The number of carbonyl (C=O) groups is 1. The Kier molecular flexibility index (Phi) is 7.18. The van der Waals surface area contributed by atoms with E-state index in [0.29, 0.717) is 24.4 Å². The van der Waals surface area contributed by atoms with E-state index in [1.165, 1.54) is 0 Å². The predicted molar refractivity (Wildman–Crippen MR) is 89.5 cm³/mol. The Morgan fingerprint density at radius 3 is 2.55 bits per heavy atom. The molecule has 0 aliphatic heterocycles. The number of benzene rings is 1. The van der Waals surface area contributed by atoms with Crippen molar-refractivity contribution in [3.63, 3.8) is 0 Å². The Bertz CT molecular complexity index is 485. The van der Waals surface area contributed by atoms with Crippen molar-refractivity contribution in [1.29, 1.82) is 0 Å². The van der Waals surface area contributed by atoms with Crippen molar-refractivity contribution in [2.45, 2.75) is 40.0 Å². The van der Waals surface area contributed by atoms with E-state index < -0.39 is 0 Å². The van der Waals surface area contributed by atoms with E-state index in [-0.39, 0.29) is 18.1 Å². The minimum Gasteiger partial charge on any atom is -0.495 e. The van der Waals surface area contributed by atoms with E-state index in [1.54, 1.807) is 7.11 Å². The van der Waals surface area contributed by atoms with Crippen LogP contribution < -0.4 is 15.4 Å². The predicted octanol–water partition coefficient (Wildman–Crippen LogP) is 3.31. The lowest BCUT2D eigenvalue weighted by atomic mass is 9.79. The number of hydrogen-bond acceptors (Lipinski definition) is 3. The molecule has 5 nitrogen and oxygen atoms in total. The van der Waals surface area contributed by atoms with Crippen LogP contribution in [-0.4, -0.2) is 31.4 Å². The van der Waals surface area contributed by atoms with E-state index in [9.17, 15) is 9.90 Å². The molecule has 0 heterocycles. The Balaban J connectivity index is 2.68. The zero-order chi connectivity index (χ0) is 16.6. The molecular weight excluding hydrogens is 280 g/mol. The molecule has 2 amide bonds. The summed E-state index contributed by atoms with van der Waals surface area (Å²) in [6.45, 7) is 6.81. The van der Waals surface area contributed by atoms with Crippen molar-refractivity contribution in [3.05, 3.63) is 23.8 Å². The minimum absolute atomic E-state index is 0.0528. The third-order valence-corrected chi connectivity index (χ3v) is 4.37. The highest BCUT2D eigenvalue weighted by Gasteiger charge is 2.26. The number of ether oxygens (including phenoxy) is 1. The molecule has 0 unspecified atom stereocenters. The lowest BCUT2D eigenvalue weighted by Crippen LogP contribution is -2.39. The molecule has 3 N–H and O–H groups in total. The van der Waals surface area contributed by atoms with Crippen molar-refractivity contribution < 1.29 is 14.6 Å². The molecule has 0 saturated heterocycles. The Morgan fingerprint density at radius 2 is 2.00 bits per heavy atom. The van der Waals surface area contributed by atoms with E-state index in [4.69, 9.17) is 4.74 Å². The zero-order valence-electron chi connectivity index (χ0n) is 14.0. The maximum absolute atomic E-state index is 12.1. The Hall–Kier alpha value is -1.75. The number of aryl methyl sites for hydroxylation is 1. The summed E-state index contributed by atoms with van der Waals surface area (Å²) in [6, 6.07) is 5.38. The highest BCUT2D eigenvalue weighted by molar-refractivity contribution is 5.91. The summed E-state index contributed by atoms with van der Waals surface area (Å²) < 4.78 is 5.25. The number of urea groups is 1. The van der Waals surface area contributed by atoms with Crippen LogP contribution in [0, 0.1) is 12.3 Å². The summed E-state index contributed by atoms with van der Waals surface area (Å²) in [4.78, 5) is 12.1. The van der Waals surface area contributed by atoms with Gasteiger partial charge in [-0.25, -0.2) is 4.79 Å². The second-order valence-corrected chi connectivity index (χ2v) is 5.69. The fourth-order valence-electron chi connectivity index (χ4n) is 2.53. The lowest BCUT2D eigenvalue weighted by molar-refractivity contribution is 0.165. The van der Waals surface area contributed by atoms with Crippen molar-refractivity contribution >= 4 is 11.7 Å². The summed E-state index contributed by atoms with van der Waals surface area (Å²) in [6.07, 6.45) is 2.52. The SMILES string of the molecule is CCC(CC)(CCO)CNC(=O)Nc1cc(C)ccc1OC. The van der Waals surface area contributed by atoms with Crippen LogP contribution in [-0.2, 0) is 0 Å². The fourth-order valence-corrected chi connectivity index (χ4v) is 2.53. The summed E-state index contributed by atoms with van der Waals surface area (Å²) in [7, 11) is 1.58. The van der Waals surface area contributed by atoms with Crippen LogP contribution >= 0.6 is 0 Å². The fraction of sp³-hybridized carbons (Fsp3) is 0.588. The number of aliphatic hydroxyl groups is 1. The van der Waals surface area contributed by atoms with Gasteiger partial charge < -0.3 is 20.5 Å². The number of aliphatic hydroxyl groups excluding tert-OH is 1. The molecule has 0 bridgehead atoms. The topological polar surface area (TPSA) is 70.6 Å². The molecule has 0 atom stereocenters. The van der Waals surface area contributed by atoms with Crippen LogP contribution in [0.3, 0.4) is 0 Å². The molecule has 0 spiro atoms. The molecule has 5 heteroatoms. The maximum atomic E-state index is 12.1. The third-order valence-electron chi connectivity index (χ3n) is 4.37. The lowest BCUT2D eigenvalue weighted by Gasteiger charge is -2.31. The van der Waals surface area contributed by atoms with E-state index >= 15 is 0 Å². The summed E-state index contributed by atoms with van der Waals surface area (Å²) >= 11 is 0. The molecule has 0 saturated carbocycles. The first-order chi connectivity index (χ1) is 10.5. The second kappa shape index (κ2) is 8.63. The third kappa shape index (κ3) is 4.91. The molecule has 1 rings (SSSR count). The molecule has 1 aromatic rings. The molecule has 124 valence electrons. The van der Waals surface area contributed by atoms with Crippen molar-refractivity contribution in [3.8, 4) is 5.75 Å². The molecule has 0 aliphatic rings. The van der Waals surface area contributed by atoms with Crippen LogP contribution in [0.4, 0.5) is 10.5 Å². The van der Waals surface area contributed by atoms with Gasteiger partial charge in [-0.1, -0.05) is 19.9 Å². The largest absolute Gasteiger partial charge is 0.495 e. The second-order valence-electron chi connectivity index (χ2n) is 5.69. The normalized spacial score (nSPS) is 11.1. The van der Waals surface area contributed by atoms with Gasteiger partial charge in [-0.2, -0.15) is 0 Å². The first-order valence-corrected chi connectivity index (χ1v) is 7.80. The molecule has 1 aromatic carbocycles. The molecular formula is C17H28N2O3. The number of rotatable bonds is 8. The molecule has 22 heavy (non-hydrogen) atoms. The molecule has 0 fully saturated rings. The van der Waals surface area contributed by atoms with Gasteiger partial charge in [0.25, 0.3) is 0 Å². The first kappa shape index (κ1) is 18.3. The molecule has 0 aliphatic carbocycles. The van der Waals surface area contributed by atoms with Gasteiger partial charge in [0.05, 0.1) is 12.8 Å². The van der Waals surface area contributed by atoms with Crippen LogP contribution in [0.5, 0.6) is 5.75 Å². The number of anilines is 1. The number of carbonyl (C=O) groups excluding carboxylic acids is 1. The van der Waals surface area contributed by atoms with Gasteiger partial charge in [0.2, 0.25) is 0 Å². The van der Waals surface area contributed by atoms with Gasteiger partial charge in [0, 0.05) is 13.2 Å². The van der Waals surface area contributed by atoms with E-state index in [0.717, 1.165) is 18.4 Å². The standard InChI is InChI=1S/C17H28N2O3/c1-5-17(6-2,9-10-20)12-18-16(21)19-14-11-13(3)7-8-15(14)22-4/h7-8,11,20H,5-6,9-10,12H2,1-4H3,(H2,18,19,21). The first-order valence-electron chi connectivity index (χ1n) is 7.80. The smallest absolute Gasteiger partial charge is 0.319 e.